The van der Waals surface area contributed by atoms with Crippen LogP contribution in [0.3, 0.4) is 0 Å². The Morgan fingerprint density at radius 2 is 2.42 bits per heavy atom. The van der Waals surface area contributed by atoms with Crippen molar-refractivity contribution in [2.75, 3.05) is 0 Å². The van der Waals surface area contributed by atoms with Gasteiger partial charge in [0.05, 0.1) is 24.6 Å². The molecule has 0 aromatic carbocycles. The summed E-state index contributed by atoms with van der Waals surface area (Å²) in [6.07, 6.45) is 4.81. The van der Waals surface area contributed by atoms with Crippen LogP contribution in [0.2, 0.25) is 0 Å². The Morgan fingerprint density at radius 1 is 1.50 bits per heavy atom. The normalized spacial score (nSPS) is 10.4. The van der Waals surface area contributed by atoms with E-state index in [4.69, 9.17) is 14.6 Å². The smallest absolute Gasteiger partial charge is 0.208 e. The summed E-state index contributed by atoms with van der Waals surface area (Å²) in [6.45, 7) is 0.317. The molecule has 4 nitrogen and oxygen atoms in total. The molecule has 0 aliphatic heterocycles. The number of hydrogen-bond acceptors (Lipinski definition) is 4. The molecule has 62 valence electrons. The van der Waals surface area contributed by atoms with Gasteiger partial charge in [0.1, 0.15) is 6.26 Å². The zero-order valence-electron chi connectivity index (χ0n) is 6.36. The number of furan rings is 1. The second-order valence-corrected chi connectivity index (χ2v) is 2.33. The van der Waals surface area contributed by atoms with Gasteiger partial charge in [0, 0.05) is 0 Å². The van der Waals surface area contributed by atoms with E-state index in [0.717, 1.165) is 5.56 Å². The molecule has 0 atom stereocenters. The lowest BCUT2D eigenvalue weighted by Gasteiger charge is -1.86. The third-order valence-corrected chi connectivity index (χ3v) is 1.53. The van der Waals surface area contributed by atoms with E-state index in [2.05, 4.69) is 4.98 Å². The molecule has 0 fully saturated rings. The first kappa shape index (κ1) is 7.12. The van der Waals surface area contributed by atoms with Crippen molar-refractivity contribution in [3.8, 4) is 11.3 Å². The van der Waals surface area contributed by atoms with E-state index in [0.29, 0.717) is 18.2 Å². The van der Waals surface area contributed by atoms with Crippen LogP contribution in [0.5, 0.6) is 0 Å². The zero-order chi connectivity index (χ0) is 8.39. The van der Waals surface area contributed by atoms with E-state index in [9.17, 15) is 0 Å². The van der Waals surface area contributed by atoms with E-state index < -0.39 is 0 Å². The Hall–Kier alpha value is -1.55. The van der Waals surface area contributed by atoms with Gasteiger partial charge in [-0.2, -0.15) is 0 Å². The SMILES string of the molecule is NCc1ncc(-c2ccoc2)o1. The van der Waals surface area contributed by atoms with Gasteiger partial charge in [0.25, 0.3) is 0 Å². The largest absolute Gasteiger partial charge is 0.472 e. The van der Waals surface area contributed by atoms with Crippen molar-refractivity contribution in [3.63, 3.8) is 0 Å². The Bertz CT molecular complexity index is 351. The number of oxazole rings is 1. The van der Waals surface area contributed by atoms with Gasteiger partial charge in [-0.05, 0) is 6.07 Å². The van der Waals surface area contributed by atoms with Crippen LogP contribution in [0.25, 0.3) is 11.3 Å². The molecule has 2 heterocycles. The van der Waals surface area contributed by atoms with E-state index in [1.807, 2.05) is 0 Å². The van der Waals surface area contributed by atoms with Crippen molar-refractivity contribution in [1.82, 2.24) is 4.98 Å². The molecule has 0 aliphatic rings. The highest BCUT2D eigenvalue weighted by Gasteiger charge is 2.04. The molecule has 2 aromatic heterocycles. The van der Waals surface area contributed by atoms with Gasteiger partial charge >= 0.3 is 0 Å². The minimum absolute atomic E-state index is 0.317. The lowest BCUT2D eigenvalue weighted by molar-refractivity contribution is 0.507. The lowest BCUT2D eigenvalue weighted by atomic mass is 10.3. The zero-order valence-corrected chi connectivity index (χ0v) is 6.36. The number of aromatic nitrogens is 1. The van der Waals surface area contributed by atoms with E-state index in [1.165, 1.54) is 0 Å². The molecular weight excluding hydrogens is 156 g/mol. The summed E-state index contributed by atoms with van der Waals surface area (Å²) in [5, 5.41) is 0. The minimum Gasteiger partial charge on any atom is -0.472 e. The van der Waals surface area contributed by atoms with Crippen LogP contribution < -0.4 is 5.73 Å². The van der Waals surface area contributed by atoms with Crippen molar-refractivity contribution in [2.24, 2.45) is 5.73 Å². The second kappa shape index (κ2) is 2.83. The molecule has 0 saturated heterocycles. The average molecular weight is 164 g/mol. The van der Waals surface area contributed by atoms with Crippen molar-refractivity contribution >= 4 is 0 Å². The highest BCUT2D eigenvalue weighted by atomic mass is 16.4. The Kier molecular flexibility index (Phi) is 1.68. The summed E-state index contributed by atoms with van der Waals surface area (Å²) < 4.78 is 10.2. The number of rotatable bonds is 2. The molecule has 0 aliphatic carbocycles. The Balaban J connectivity index is 2.35. The first-order valence-corrected chi connectivity index (χ1v) is 3.57. The summed E-state index contributed by atoms with van der Waals surface area (Å²) in [5.74, 6) is 1.22. The van der Waals surface area contributed by atoms with Crippen LogP contribution in [0.1, 0.15) is 5.89 Å². The fourth-order valence-electron chi connectivity index (χ4n) is 0.943. The molecule has 4 heteroatoms. The maximum Gasteiger partial charge on any atom is 0.208 e. The van der Waals surface area contributed by atoms with Crippen LogP contribution in [0, 0.1) is 0 Å². The third kappa shape index (κ3) is 1.12. The van der Waals surface area contributed by atoms with Gasteiger partial charge in [0.2, 0.25) is 5.89 Å². The van der Waals surface area contributed by atoms with Crippen LogP contribution >= 0.6 is 0 Å². The summed E-state index contributed by atoms with van der Waals surface area (Å²) >= 11 is 0. The molecule has 12 heavy (non-hydrogen) atoms. The summed E-state index contributed by atoms with van der Waals surface area (Å²) in [7, 11) is 0. The van der Waals surface area contributed by atoms with Crippen molar-refractivity contribution in [1.29, 1.82) is 0 Å². The van der Waals surface area contributed by atoms with E-state index >= 15 is 0 Å². The Morgan fingerprint density at radius 3 is 3.00 bits per heavy atom. The number of hydrogen-bond donors (Lipinski definition) is 1. The highest BCUT2D eigenvalue weighted by molar-refractivity contribution is 5.53. The first-order chi connectivity index (χ1) is 5.90. The topological polar surface area (TPSA) is 65.2 Å². The van der Waals surface area contributed by atoms with Crippen LogP contribution in [0.4, 0.5) is 0 Å². The van der Waals surface area contributed by atoms with Crippen LogP contribution in [-0.2, 0) is 6.54 Å². The van der Waals surface area contributed by atoms with Gasteiger partial charge in [-0.15, -0.1) is 0 Å². The number of nitrogens with zero attached hydrogens (tertiary/aromatic N) is 1. The molecule has 0 amide bonds. The fraction of sp³-hybridized carbons (Fsp3) is 0.125. The van der Waals surface area contributed by atoms with E-state index in [1.54, 1.807) is 24.8 Å². The predicted molar refractivity (Wildman–Crippen MR) is 42.1 cm³/mol. The third-order valence-electron chi connectivity index (χ3n) is 1.53. The number of nitrogens with two attached hydrogens (primary N) is 1. The Labute approximate surface area is 69.0 Å². The maximum atomic E-state index is 5.34. The maximum absolute atomic E-state index is 5.34. The summed E-state index contributed by atoms with van der Waals surface area (Å²) in [5.41, 5.74) is 6.21. The summed E-state index contributed by atoms with van der Waals surface area (Å²) in [6, 6.07) is 1.81. The van der Waals surface area contributed by atoms with Crippen LogP contribution in [0.15, 0.2) is 33.6 Å². The molecular formula is C8H8N2O2. The summed E-state index contributed by atoms with van der Waals surface area (Å²) in [4.78, 5) is 3.96. The minimum atomic E-state index is 0.317. The molecule has 0 unspecified atom stereocenters. The fourth-order valence-corrected chi connectivity index (χ4v) is 0.943. The van der Waals surface area contributed by atoms with Gasteiger partial charge in [-0.1, -0.05) is 0 Å². The quantitative estimate of drug-likeness (QED) is 0.728. The molecule has 2 rings (SSSR count). The first-order valence-electron chi connectivity index (χ1n) is 3.57. The van der Waals surface area contributed by atoms with Crippen molar-refractivity contribution in [3.05, 3.63) is 30.7 Å². The molecule has 0 bridgehead atoms. The highest BCUT2D eigenvalue weighted by Crippen LogP contribution is 2.19. The average Bonchev–Trinajstić information content (AvgIpc) is 2.75. The van der Waals surface area contributed by atoms with Gasteiger partial charge in [0.15, 0.2) is 5.76 Å². The molecule has 0 radical (unpaired) electrons. The van der Waals surface area contributed by atoms with Crippen molar-refractivity contribution in [2.45, 2.75) is 6.54 Å². The van der Waals surface area contributed by atoms with Gasteiger partial charge in [-0.3, -0.25) is 0 Å². The van der Waals surface area contributed by atoms with Gasteiger partial charge < -0.3 is 14.6 Å². The van der Waals surface area contributed by atoms with Crippen molar-refractivity contribution < 1.29 is 8.83 Å². The molecule has 0 spiro atoms. The van der Waals surface area contributed by atoms with Gasteiger partial charge in [-0.25, -0.2) is 4.98 Å². The molecule has 2 aromatic rings. The predicted octanol–water partition coefficient (Wildman–Crippen LogP) is 1.39. The second-order valence-electron chi connectivity index (χ2n) is 2.33. The van der Waals surface area contributed by atoms with E-state index in [-0.39, 0.29) is 0 Å². The monoisotopic (exact) mass is 164 g/mol. The lowest BCUT2D eigenvalue weighted by Crippen LogP contribution is -1.94. The molecule has 0 saturated carbocycles. The standard InChI is InChI=1S/C8H8N2O2/c9-3-8-10-4-7(12-8)6-1-2-11-5-6/h1-2,4-5H,3,9H2. The van der Waals surface area contributed by atoms with Crippen LogP contribution in [-0.4, -0.2) is 4.98 Å². The molecule has 2 N–H and O–H groups in total.